The van der Waals surface area contributed by atoms with Crippen molar-refractivity contribution >= 4 is 40.3 Å². The Labute approximate surface area is 208 Å². The summed E-state index contributed by atoms with van der Waals surface area (Å²) in [6.07, 6.45) is 1.63. The summed E-state index contributed by atoms with van der Waals surface area (Å²) in [6, 6.07) is 9.62. The van der Waals surface area contributed by atoms with E-state index in [9.17, 15) is 9.59 Å². The molecule has 1 aromatic carbocycles. The van der Waals surface area contributed by atoms with Crippen molar-refractivity contribution in [2.24, 2.45) is 4.99 Å². The molecule has 0 aliphatic carbocycles. The zero-order valence-electron chi connectivity index (χ0n) is 20.3. The molecule has 3 aromatic rings. The molecule has 2 aromatic heterocycles. The van der Waals surface area contributed by atoms with Crippen LogP contribution >= 0.6 is 0 Å². The predicted octanol–water partition coefficient (Wildman–Crippen LogP) is 1.78. The lowest BCUT2D eigenvalue weighted by atomic mass is 10.1. The third-order valence-electron chi connectivity index (χ3n) is 6.56. The van der Waals surface area contributed by atoms with Crippen LogP contribution in [0.25, 0.3) is 10.9 Å². The van der Waals surface area contributed by atoms with Crippen molar-refractivity contribution in [2.75, 3.05) is 42.9 Å². The van der Waals surface area contributed by atoms with Crippen LogP contribution in [-0.2, 0) is 13.1 Å². The number of aliphatic imine (C=N–C) groups is 1. The number of rotatable bonds is 6. The number of carbonyl (C=O) groups is 1. The number of nitriles is 1. The van der Waals surface area contributed by atoms with E-state index in [1.807, 2.05) is 32.0 Å². The molecule has 2 aliphatic heterocycles. The number of benzene rings is 1. The van der Waals surface area contributed by atoms with Crippen LogP contribution in [0.2, 0.25) is 0 Å². The lowest BCUT2D eigenvalue weighted by Crippen LogP contribution is -2.46. The maximum Gasteiger partial charge on any atom is 0.349 e. The largest absolute Gasteiger partial charge is 0.368 e. The molecule has 0 unspecified atom stereocenters. The van der Waals surface area contributed by atoms with Crippen molar-refractivity contribution in [1.29, 1.82) is 5.26 Å². The van der Waals surface area contributed by atoms with Crippen molar-refractivity contribution in [3.63, 3.8) is 0 Å². The molecule has 1 fully saturated rings. The van der Waals surface area contributed by atoms with Crippen LogP contribution in [0.4, 0.5) is 17.2 Å². The number of pyridine rings is 1. The number of aromatic nitrogens is 3. The minimum absolute atomic E-state index is 0.0420. The van der Waals surface area contributed by atoms with Gasteiger partial charge in [-0.2, -0.15) is 10.2 Å². The van der Waals surface area contributed by atoms with Crippen molar-refractivity contribution in [3.05, 3.63) is 51.7 Å². The van der Waals surface area contributed by atoms with E-state index in [0.717, 1.165) is 60.7 Å². The van der Waals surface area contributed by atoms with Crippen LogP contribution in [0.15, 0.2) is 34.1 Å². The number of hydrogen-bond donors (Lipinski definition) is 2. The van der Waals surface area contributed by atoms with E-state index in [4.69, 9.17) is 5.26 Å². The molecule has 4 heterocycles. The zero-order valence-corrected chi connectivity index (χ0v) is 20.3. The fourth-order valence-electron chi connectivity index (χ4n) is 4.81. The van der Waals surface area contributed by atoms with Gasteiger partial charge in [-0.25, -0.2) is 14.8 Å². The fourth-order valence-corrected chi connectivity index (χ4v) is 4.81. The molecule has 184 valence electrons. The van der Waals surface area contributed by atoms with Gasteiger partial charge in [-0.3, -0.25) is 14.3 Å². The van der Waals surface area contributed by atoms with E-state index in [2.05, 4.69) is 41.5 Å². The number of amides is 1. The van der Waals surface area contributed by atoms with Crippen molar-refractivity contribution in [3.8, 4) is 6.07 Å². The molecule has 0 radical (unpaired) electrons. The van der Waals surface area contributed by atoms with E-state index >= 15 is 0 Å². The fraction of sp³-hybridized carbons (Fsp3) is 0.360. The van der Waals surface area contributed by atoms with Crippen molar-refractivity contribution in [2.45, 2.75) is 26.9 Å². The van der Waals surface area contributed by atoms with E-state index in [-0.39, 0.29) is 18.1 Å². The first-order valence-corrected chi connectivity index (χ1v) is 11.9. The van der Waals surface area contributed by atoms with Gasteiger partial charge in [-0.05, 0) is 43.7 Å². The molecule has 36 heavy (non-hydrogen) atoms. The van der Waals surface area contributed by atoms with Crippen LogP contribution in [0.1, 0.15) is 28.7 Å². The number of nitrogens with one attached hydrogen (secondary N) is 2. The smallest absolute Gasteiger partial charge is 0.349 e. The summed E-state index contributed by atoms with van der Waals surface area (Å²) in [6.45, 7) is 8.42. The van der Waals surface area contributed by atoms with E-state index in [1.165, 1.54) is 0 Å². The van der Waals surface area contributed by atoms with Gasteiger partial charge in [-0.1, -0.05) is 0 Å². The van der Waals surface area contributed by atoms with Gasteiger partial charge < -0.3 is 15.5 Å². The summed E-state index contributed by atoms with van der Waals surface area (Å²) in [5.41, 5.74) is 4.49. The second-order valence-electron chi connectivity index (χ2n) is 8.81. The number of anilines is 2. The second kappa shape index (κ2) is 9.75. The average molecular weight is 486 g/mol. The Hall–Kier alpha value is -4.30. The van der Waals surface area contributed by atoms with Gasteiger partial charge >= 0.3 is 5.69 Å². The third-order valence-corrected chi connectivity index (χ3v) is 6.56. The van der Waals surface area contributed by atoms with Crippen LogP contribution in [0.5, 0.6) is 0 Å². The van der Waals surface area contributed by atoms with E-state index in [1.54, 1.807) is 17.0 Å². The highest BCUT2D eigenvalue weighted by Gasteiger charge is 2.22. The molecule has 1 saturated heterocycles. The zero-order chi connectivity index (χ0) is 25.2. The first-order valence-electron chi connectivity index (χ1n) is 11.9. The second-order valence-corrected chi connectivity index (χ2v) is 8.81. The monoisotopic (exact) mass is 485 g/mol. The molecule has 0 bridgehead atoms. The summed E-state index contributed by atoms with van der Waals surface area (Å²) >= 11 is 0. The molecule has 2 aliphatic rings. The molecular weight excluding hydrogens is 458 g/mol. The average Bonchev–Trinajstić information content (AvgIpc) is 2.88. The lowest BCUT2D eigenvalue weighted by Gasteiger charge is -2.36. The normalized spacial score (nSPS) is 15.0. The van der Waals surface area contributed by atoms with Gasteiger partial charge in [0.15, 0.2) is 0 Å². The van der Waals surface area contributed by atoms with Gasteiger partial charge in [0.25, 0.3) is 5.91 Å². The Balaban J connectivity index is 1.28. The van der Waals surface area contributed by atoms with Gasteiger partial charge in [0.1, 0.15) is 18.1 Å². The number of carbonyl (C=O) groups excluding carboxylic acids is 1. The molecule has 0 saturated carbocycles. The molecule has 11 heteroatoms. The highest BCUT2D eigenvalue weighted by Crippen LogP contribution is 2.34. The lowest BCUT2D eigenvalue weighted by molar-refractivity contribution is 0.0953. The number of piperazine rings is 1. The number of nitrogens with zero attached hydrogens (tertiary/aromatic N) is 7. The molecule has 0 atom stereocenters. The first-order chi connectivity index (χ1) is 17.5. The topological polar surface area (TPSA) is 132 Å². The standard InChI is InChI=1S/C25H27N9O2/c1-3-34-23-22-19(28-15-29-23)12-17(13-20(22)31-25(34)36)14-32-8-10-33(11-9-32)21-5-4-18(30-16(21)2)24(35)27-7-6-26/h4-5,12-13,15H,3,7-11,14H2,1-2H3,(H,27,35)(H,28,29). The summed E-state index contributed by atoms with van der Waals surface area (Å²) in [7, 11) is 0. The summed E-state index contributed by atoms with van der Waals surface area (Å²) in [5.74, 6) is 0.306. The summed E-state index contributed by atoms with van der Waals surface area (Å²) < 4.78 is 1.59. The molecule has 2 N–H and O–H groups in total. The third kappa shape index (κ3) is 4.38. The summed E-state index contributed by atoms with van der Waals surface area (Å²) in [5, 5.41) is 15.2. The van der Waals surface area contributed by atoms with Crippen molar-refractivity contribution < 1.29 is 4.79 Å². The maximum atomic E-state index is 12.5. The Bertz CT molecular complexity index is 1460. The molecule has 11 nitrogen and oxygen atoms in total. The minimum Gasteiger partial charge on any atom is -0.368 e. The Kier molecular flexibility index (Phi) is 6.35. The van der Waals surface area contributed by atoms with Gasteiger partial charge in [-0.15, -0.1) is 0 Å². The van der Waals surface area contributed by atoms with E-state index < -0.39 is 0 Å². The van der Waals surface area contributed by atoms with Crippen molar-refractivity contribution in [1.82, 2.24) is 24.8 Å². The quantitative estimate of drug-likeness (QED) is 0.505. The van der Waals surface area contributed by atoms with Crippen LogP contribution in [-0.4, -0.2) is 64.4 Å². The number of aryl methyl sites for hydroxylation is 1. The molecule has 5 rings (SSSR count). The molecular formula is C25H27N9O2. The van der Waals surface area contributed by atoms with Gasteiger partial charge in [0, 0.05) is 39.3 Å². The number of hydrogen-bond acceptors (Lipinski definition) is 9. The van der Waals surface area contributed by atoms with Crippen LogP contribution in [0, 0.1) is 18.3 Å². The Morgan fingerprint density at radius 3 is 2.72 bits per heavy atom. The Morgan fingerprint density at radius 2 is 2.00 bits per heavy atom. The minimum atomic E-state index is -0.346. The van der Waals surface area contributed by atoms with Crippen LogP contribution in [0.3, 0.4) is 0 Å². The molecule has 0 spiro atoms. The van der Waals surface area contributed by atoms with Gasteiger partial charge in [0.05, 0.1) is 40.4 Å². The molecule has 1 amide bonds. The SMILES string of the molecule is CCn1c2c3c(cc(CN4CCN(c5ccc(C(=O)NCC#N)nc5C)CC4)cc3nc1=O)NC=N2. The van der Waals surface area contributed by atoms with Crippen LogP contribution < -0.4 is 21.2 Å². The van der Waals surface area contributed by atoms with E-state index in [0.29, 0.717) is 23.6 Å². The highest BCUT2D eigenvalue weighted by molar-refractivity contribution is 6.06. The highest BCUT2D eigenvalue weighted by atomic mass is 16.2. The maximum absolute atomic E-state index is 12.5. The van der Waals surface area contributed by atoms with Gasteiger partial charge in [0.2, 0.25) is 0 Å². The Morgan fingerprint density at radius 1 is 1.19 bits per heavy atom. The summed E-state index contributed by atoms with van der Waals surface area (Å²) in [4.78, 5) is 42.4. The predicted molar refractivity (Wildman–Crippen MR) is 138 cm³/mol. The first kappa shape index (κ1) is 23.4.